The Labute approximate surface area is 132 Å². The van der Waals surface area contributed by atoms with E-state index in [1.807, 2.05) is 19.9 Å². The first-order valence-electron chi connectivity index (χ1n) is 6.92. The summed E-state index contributed by atoms with van der Waals surface area (Å²) >= 11 is 6.18. The van der Waals surface area contributed by atoms with Crippen molar-refractivity contribution in [3.8, 4) is 17.0 Å². The molecule has 0 aliphatic carbocycles. The van der Waals surface area contributed by atoms with E-state index >= 15 is 0 Å². The summed E-state index contributed by atoms with van der Waals surface area (Å²) in [5.41, 5.74) is 1.93. The SMILES string of the molecule is CC(C)Oc1ccc(-c2cc3ncccc3c(Cl)n2)cc1F. The summed E-state index contributed by atoms with van der Waals surface area (Å²) in [6.07, 6.45) is 1.60. The quantitative estimate of drug-likeness (QED) is 0.646. The van der Waals surface area contributed by atoms with Gasteiger partial charge in [-0.1, -0.05) is 11.6 Å². The lowest BCUT2D eigenvalue weighted by Crippen LogP contribution is -2.06. The van der Waals surface area contributed by atoms with Gasteiger partial charge in [-0.3, -0.25) is 4.98 Å². The molecule has 0 fully saturated rings. The molecule has 0 spiro atoms. The highest BCUT2D eigenvalue weighted by atomic mass is 35.5. The van der Waals surface area contributed by atoms with E-state index in [2.05, 4.69) is 9.97 Å². The molecule has 0 aliphatic heterocycles. The van der Waals surface area contributed by atoms with E-state index in [-0.39, 0.29) is 11.9 Å². The summed E-state index contributed by atoms with van der Waals surface area (Å²) in [6.45, 7) is 3.70. The first kappa shape index (κ1) is 14.7. The van der Waals surface area contributed by atoms with E-state index in [1.54, 1.807) is 30.5 Å². The number of fused-ring (bicyclic) bond motifs is 1. The van der Waals surface area contributed by atoms with Crippen LogP contribution in [0.4, 0.5) is 4.39 Å². The van der Waals surface area contributed by atoms with Crippen molar-refractivity contribution in [2.24, 2.45) is 0 Å². The van der Waals surface area contributed by atoms with Crippen molar-refractivity contribution >= 4 is 22.5 Å². The highest BCUT2D eigenvalue weighted by Gasteiger charge is 2.11. The summed E-state index contributed by atoms with van der Waals surface area (Å²) in [4.78, 5) is 8.59. The van der Waals surface area contributed by atoms with E-state index in [0.29, 0.717) is 16.4 Å². The highest BCUT2D eigenvalue weighted by molar-refractivity contribution is 6.34. The average molecular weight is 317 g/mol. The molecule has 22 heavy (non-hydrogen) atoms. The van der Waals surface area contributed by atoms with E-state index in [9.17, 15) is 4.39 Å². The molecule has 3 rings (SSSR count). The zero-order valence-corrected chi connectivity index (χ0v) is 12.9. The van der Waals surface area contributed by atoms with Gasteiger partial charge in [0.15, 0.2) is 11.6 Å². The molecule has 0 aliphatic rings. The van der Waals surface area contributed by atoms with Crippen LogP contribution >= 0.6 is 11.6 Å². The smallest absolute Gasteiger partial charge is 0.165 e. The zero-order chi connectivity index (χ0) is 15.7. The Hall–Kier alpha value is -2.20. The van der Waals surface area contributed by atoms with Crippen molar-refractivity contribution in [3.63, 3.8) is 0 Å². The van der Waals surface area contributed by atoms with Gasteiger partial charge in [-0.05, 0) is 50.2 Å². The van der Waals surface area contributed by atoms with Gasteiger partial charge >= 0.3 is 0 Å². The Balaban J connectivity index is 2.06. The third kappa shape index (κ3) is 2.88. The van der Waals surface area contributed by atoms with Gasteiger partial charge in [0.05, 0.1) is 17.3 Å². The molecule has 0 unspecified atom stereocenters. The minimum absolute atomic E-state index is 0.0854. The first-order valence-corrected chi connectivity index (χ1v) is 7.30. The largest absolute Gasteiger partial charge is 0.488 e. The third-order valence-corrected chi connectivity index (χ3v) is 3.43. The molecule has 3 aromatic rings. The van der Waals surface area contributed by atoms with Gasteiger partial charge in [-0.15, -0.1) is 0 Å². The number of benzene rings is 1. The Bertz CT molecular complexity index is 836. The Morgan fingerprint density at radius 1 is 1.18 bits per heavy atom. The number of hydrogen-bond acceptors (Lipinski definition) is 3. The normalized spacial score (nSPS) is 11.1. The van der Waals surface area contributed by atoms with Crippen molar-refractivity contribution in [1.82, 2.24) is 9.97 Å². The molecule has 0 bridgehead atoms. The highest BCUT2D eigenvalue weighted by Crippen LogP contribution is 2.29. The third-order valence-electron chi connectivity index (χ3n) is 3.14. The second kappa shape index (κ2) is 5.89. The van der Waals surface area contributed by atoms with Crippen molar-refractivity contribution in [3.05, 3.63) is 53.6 Å². The standard InChI is InChI=1S/C17H14ClFN2O/c1-10(2)22-16-6-5-11(8-13(16)19)14-9-15-12(17(18)21-14)4-3-7-20-15/h3-10H,1-2H3. The van der Waals surface area contributed by atoms with Crippen LogP contribution in [0.2, 0.25) is 5.15 Å². The molecule has 0 saturated heterocycles. The maximum absolute atomic E-state index is 14.1. The number of aromatic nitrogens is 2. The van der Waals surface area contributed by atoms with E-state index in [4.69, 9.17) is 16.3 Å². The minimum Gasteiger partial charge on any atom is -0.488 e. The van der Waals surface area contributed by atoms with E-state index < -0.39 is 5.82 Å². The Morgan fingerprint density at radius 3 is 2.73 bits per heavy atom. The second-order valence-electron chi connectivity index (χ2n) is 5.18. The van der Waals surface area contributed by atoms with Crippen LogP contribution in [0.15, 0.2) is 42.6 Å². The molecule has 0 amide bonds. The molecule has 112 valence electrons. The summed E-state index contributed by atoms with van der Waals surface area (Å²) in [7, 11) is 0. The monoisotopic (exact) mass is 316 g/mol. The fraction of sp³-hybridized carbons (Fsp3) is 0.176. The number of halogens is 2. The summed E-state index contributed by atoms with van der Waals surface area (Å²) < 4.78 is 19.5. The van der Waals surface area contributed by atoms with Gasteiger partial charge < -0.3 is 4.74 Å². The van der Waals surface area contributed by atoms with Gasteiger partial charge in [-0.25, -0.2) is 9.37 Å². The van der Waals surface area contributed by atoms with Crippen molar-refractivity contribution in [2.45, 2.75) is 20.0 Å². The molecule has 0 saturated carbocycles. The Morgan fingerprint density at radius 2 is 2.00 bits per heavy atom. The molecule has 0 radical (unpaired) electrons. The van der Waals surface area contributed by atoms with Crippen molar-refractivity contribution in [1.29, 1.82) is 0 Å². The number of hydrogen-bond donors (Lipinski definition) is 0. The summed E-state index contributed by atoms with van der Waals surface area (Å²) in [6, 6.07) is 10.2. The molecule has 0 atom stereocenters. The number of pyridine rings is 2. The van der Waals surface area contributed by atoms with Gasteiger partial charge in [0.1, 0.15) is 5.15 Å². The fourth-order valence-corrected chi connectivity index (χ4v) is 2.44. The van der Waals surface area contributed by atoms with Crippen LogP contribution in [0.1, 0.15) is 13.8 Å². The molecule has 5 heteroatoms. The maximum atomic E-state index is 14.1. The molecule has 2 heterocycles. The van der Waals surface area contributed by atoms with Crippen LogP contribution in [0, 0.1) is 5.82 Å². The number of nitrogens with zero attached hydrogens (tertiary/aromatic N) is 2. The lowest BCUT2D eigenvalue weighted by molar-refractivity contribution is 0.231. The fourth-order valence-electron chi connectivity index (χ4n) is 2.19. The number of rotatable bonds is 3. The van der Waals surface area contributed by atoms with E-state index in [1.165, 1.54) is 6.07 Å². The van der Waals surface area contributed by atoms with Crippen molar-refractivity contribution in [2.75, 3.05) is 0 Å². The maximum Gasteiger partial charge on any atom is 0.165 e. The lowest BCUT2D eigenvalue weighted by Gasteiger charge is -2.11. The lowest BCUT2D eigenvalue weighted by atomic mass is 10.1. The van der Waals surface area contributed by atoms with Crippen LogP contribution in [-0.4, -0.2) is 16.1 Å². The first-order chi connectivity index (χ1) is 10.5. The molecule has 0 N–H and O–H groups in total. The van der Waals surface area contributed by atoms with Crippen LogP contribution in [0.5, 0.6) is 5.75 Å². The topological polar surface area (TPSA) is 35.0 Å². The van der Waals surface area contributed by atoms with Crippen LogP contribution in [-0.2, 0) is 0 Å². The van der Waals surface area contributed by atoms with Gasteiger partial charge in [-0.2, -0.15) is 0 Å². The van der Waals surface area contributed by atoms with Crippen LogP contribution in [0.25, 0.3) is 22.2 Å². The molecule has 1 aromatic carbocycles. The van der Waals surface area contributed by atoms with E-state index in [0.717, 1.165) is 10.9 Å². The average Bonchev–Trinajstić information content (AvgIpc) is 2.49. The minimum atomic E-state index is -0.426. The summed E-state index contributed by atoms with van der Waals surface area (Å²) in [5.74, 6) is -0.200. The van der Waals surface area contributed by atoms with Gasteiger partial charge in [0.25, 0.3) is 0 Å². The molecule has 3 nitrogen and oxygen atoms in total. The van der Waals surface area contributed by atoms with Gasteiger partial charge in [0.2, 0.25) is 0 Å². The van der Waals surface area contributed by atoms with Gasteiger partial charge in [0, 0.05) is 17.1 Å². The van der Waals surface area contributed by atoms with Crippen molar-refractivity contribution < 1.29 is 9.13 Å². The second-order valence-corrected chi connectivity index (χ2v) is 5.54. The molecular weight excluding hydrogens is 303 g/mol. The zero-order valence-electron chi connectivity index (χ0n) is 12.2. The van der Waals surface area contributed by atoms with Crippen LogP contribution in [0.3, 0.4) is 0 Å². The Kier molecular flexibility index (Phi) is 3.94. The predicted molar refractivity (Wildman–Crippen MR) is 85.7 cm³/mol. The number of ether oxygens (including phenoxy) is 1. The summed E-state index contributed by atoms with van der Waals surface area (Å²) in [5, 5.41) is 1.12. The molecular formula is C17H14ClFN2O. The van der Waals surface area contributed by atoms with Crippen LogP contribution < -0.4 is 4.74 Å². The molecule has 2 aromatic heterocycles. The predicted octanol–water partition coefficient (Wildman–Crippen LogP) is 4.88.